The van der Waals surface area contributed by atoms with Gasteiger partial charge in [-0.25, -0.2) is 110 Å². The van der Waals surface area contributed by atoms with Gasteiger partial charge in [0, 0.05) is 54.5 Å². The van der Waals surface area contributed by atoms with Crippen molar-refractivity contribution in [3.05, 3.63) is 388 Å². The highest BCUT2D eigenvalue weighted by Gasteiger charge is 2.24. The minimum atomic E-state index is -3.88. The molecule has 0 aliphatic carbocycles. The summed E-state index contributed by atoms with van der Waals surface area (Å²) in [4.78, 5) is 38.3. The van der Waals surface area contributed by atoms with Gasteiger partial charge in [-0.1, -0.05) is 167 Å². The summed E-state index contributed by atoms with van der Waals surface area (Å²) in [5, 5.41) is 27.9. The standard InChI is InChI=1S/C20H16BrN3O3S.2C20H16ClN3O3S.2C20H15F2N3O3S/c21-14-6-8-15(9-7-14)27-12-20-23-17-10-5-13(11-18(17)24-20)16-3-1-2-4-19(16)28(22,25)26;21-14-4-3-5-15(11-14)27-12-20-23-17-9-8-13(10-18(17)24-20)16-6-1-2-7-19(16)28(22,25)26;21-14-6-8-15(9-7-14)27-12-20-23-17-10-5-13(11-18(17)24-20)16-3-1-2-4-19(16)28(22,25)26;21-15-7-6-13(10-16(15)22)28-11-20-24-17-8-5-12(9-18(17)25-20)14-3-1-2-4-19(14)29(23,26)27;21-13-6-8-18(15(22)10-13)28-11-20-24-16-7-5-12(9-17(16)25-20)14-3-1-2-4-19(14)29(23,26)27/h3*1-11H,12H2,(H,23,24)(H2,22,25,26);2*1-10H,11H2,(H,24,25)(H2,23,26,27). The Morgan fingerprint density at radius 3 is 0.838 bits per heavy atom. The third-order valence-corrected chi connectivity index (χ3v) is 27.1. The summed E-state index contributed by atoms with van der Waals surface area (Å²) >= 11 is 15.2. The van der Waals surface area contributed by atoms with Gasteiger partial charge in [0.25, 0.3) is 0 Å². The van der Waals surface area contributed by atoms with E-state index >= 15 is 0 Å². The lowest BCUT2D eigenvalue weighted by atomic mass is 10.1. The first-order valence-electron chi connectivity index (χ1n) is 42.2. The molecule has 0 unspecified atom stereocenters. The van der Waals surface area contributed by atoms with Gasteiger partial charge in [0.05, 0.1) is 79.6 Å². The van der Waals surface area contributed by atoms with Crippen molar-refractivity contribution >= 4 is 144 Å². The van der Waals surface area contributed by atoms with Gasteiger partial charge in [-0.15, -0.1) is 0 Å². The van der Waals surface area contributed by atoms with Gasteiger partial charge in [-0.3, -0.25) is 0 Å². The van der Waals surface area contributed by atoms with E-state index in [9.17, 15) is 59.7 Å². The Bertz CT molecular complexity index is 8560. The Balaban J connectivity index is 0.000000128. The van der Waals surface area contributed by atoms with Crippen molar-refractivity contribution in [2.75, 3.05) is 0 Å². The fourth-order valence-corrected chi connectivity index (χ4v) is 19.2. The highest BCUT2D eigenvalue weighted by atomic mass is 79.9. The minimum absolute atomic E-state index is 0.0167. The number of fused-ring (bicyclic) bond motifs is 5. The number of hydrogen-bond donors (Lipinski definition) is 10. The van der Waals surface area contributed by atoms with Crippen LogP contribution in [0.2, 0.25) is 10.0 Å². The van der Waals surface area contributed by atoms with Crippen LogP contribution in [-0.4, -0.2) is 91.9 Å². The normalized spacial score (nSPS) is 11.7. The second-order valence-electron chi connectivity index (χ2n) is 31.2. The molecular formula is C100H78BrCl2F4N15O15S5. The Morgan fingerprint density at radius 2 is 0.542 bits per heavy atom. The number of rotatable bonds is 25. The van der Waals surface area contributed by atoms with Crippen molar-refractivity contribution in [2.45, 2.75) is 57.5 Å². The van der Waals surface area contributed by atoms with Crippen molar-refractivity contribution in [1.29, 1.82) is 0 Å². The van der Waals surface area contributed by atoms with Crippen LogP contribution in [0.25, 0.3) is 111 Å². The number of aromatic nitrogens is 10. The molecule has 0 spiro atoms. The second-order valence-corrected chi connectivity index (χ2v) is 40.7. The lowest BCUT2D eigenvalue weighted by molar-refractivity contribution is 0.281. The van der Waals surface area contributed by atoms with Crippen molar-refractivity contribution in [3.63, 3.8) is 0 Å². The average Bonchev–Trinajstić information content (AvgIpc) is 1.60. The summed E-state index contributed by atoms with van der Waals surface area (Å²) in [6.45, 7) is 0.764. The quantitative estimate of drug-likeness (QED) is 0.0238. The highest BCUT2D eigenvalue weighted by Crippen LogP contribution is 2.37. The van der Waals surface area contributed by atoms with E-state index in [1.165, 1.54) is 42.5 Å². The van der Waals surface area contributed by atoms with Gasteiger partial charge in [-0.2, -0.15) is 0 Å². The van der Waals surface area contributed by atoms with Crippen LogP contribution in [-0.2, 0) is 83.2 Å². The molecule has 5 aromatic heterocycles. The molecule has 15 N–H and O–H groups in total. The predicted octanol–water partition coefficient (Wildman–Crippen LogP) is 19.9. The van der Waals surface area contributed by atoms with E-state index in [1.807, 2.05) is 91.0 Å². The number of halogens is 7. The van der Waals surface area contributed by atoms with E-state index in [1.54, 1.807) is 164 Å². The number of nitrogens with two attached hydrogens (primary N) is 5. The predicted molar refractivity (Wildman–Crippen MR) is 536 cm³/mol. The van der Waals surface area contributed by atoms with Crippen LogP contribution < -0.4 is 49.4 Å². The molecule has 0 radical (unpaired) electrons. The van der Waals surface area contributed by atoms with Crippen LogP contribution in [0.5, 0.6) is 28.7 Å². The molecule has 0 bridgehead atoms. The molecule has 142 heavy (non-hydrogen) atoms. The van der Waals surface area contributed by atoms with Gasteiger partial charge >= 0.3 is 0 Å². The third kappa shape index (κ3) is 25.2. The summed E-state index contributed by atoms with van der Waals surface area (Å²) in [7, 11) is -19.2. The number of aromatic amines is 5. The van der Waals surface area contributed by atoms with E-state index < -0.39 is 73.4 Å². The Morgan fingerprint density at radius 1 is 0.261 bits per heavy atom. The van der Waals surface area contributed by atoms with Gasteiger partial charge in [0.15, 0.2) is 23.2 Å². The lowest BCUT2D eigenvalue weighted by Gasteiger charge is -2.07. The van der Waals surface area contributed by atoms with Crippen LogP contribution in [0.4, 0.5) is 17.6 Å². The highest BCUT2D eigenvalue weighted by molar-refractivity contribution is 9.10. The van der Waals surface area contributed by atoms with Crippen LogP contribution in [0.3, 0.4) is 0 Å². The number of ether oxygens (including phenoxy) is 5. The number of primary sulfonamides is 5. The summed E-state index contributed by atoms with van der Waals surface area (Å²) < 4.78 is 200. The number of sulfonamides is 5. The average molecular weight is 2120 g/mol. The van der Waals surface area contributed by atoms with E-state index in [2.05, 4.69) is 65.8 Å². The molecule has 0 atom stereocenters. The Kier molecular flexibility index (Phi) is 30.3. The molecule has 0 amide bonds. The molecule has 30 nitrogen and oxygen atoms in total. The monoisotopic (exact) mass is 2110 g/mol. The van der Waals surface area contributed by atoms with E-state index in [-0.39, 0.29) is 62.4 Å². The van der Waals surface area contributed by atoms with Gasteiger partial charge < -0.3 is 48.6 Å². The molecule has 722 valence electrons. The van der Waals surface area contributed by atoms with Gasteiger partial charge in [0.1, 0.15) is 91.0 Å². The van der Waals surface area contributed by atoms with Gasteiger partial charge in [0.2, 0.25) is 50.1 Å². The Labute approximate surface area is 827 Å². The Hall–Kier alpha value is -15.0. The number of nitrogens with zero attached hydrogens (tertiary/aromatic N) is 5. The summed E-state index contributed by atoms with van der Waals surface area (Å²) in [5.74, 6) is 1.61. The number of nitrogens with one attached hydrogen (secondary N) is 5. The molecule has 20 aromatic rings. The van der Waals surface area contributed by atoms with Crippen LogP contribution in [0.15, 0.2) is 350 Å². The van der Waals surface area contributed by atoms with Crippen molar-refractivity contribution in [2.24, 2.45) is 25.7 Å². The maximum absolute atomic E-state index is 13.7. The minimum Gasteiger partial charge on any atom is -0.486 e. The van der Waals surface area contributed by atoms with Crippen LogP contribution in [0, 0.1) is 23.3 Å². The summed E-state index contributed by atoms with van der Waals surface area (Å²) in [5.41, 5.74) is 13.2. The second kappa shape index (κ2) is 43.0. The summed E-state index contributed by atoms with van der Waals surface area (Å²) in [6, 6.07) is 87.8. The molecule has 0 aliphatic rings. The van der Waals surface area contributed by atoms with E-state index in [0.717, 1.165) is 84.3 Å². The van der Waals surface area contributed by atoms with E-state index in [0.29, 0.717) is 118 Å². The first-order chi connectivity index (χ1) is 67.8. The zero-order valence-electron chi connectivity index (χ0n) is 73.6. The zero-order chi connectivity index (χ0) is 100. The van der Waals surface area contributed by atoms with Gasteiger partial charge in [-0.05, 0) is 210 Å². The maximum atomic E-state index is 13.7. The fraction of sp³-hybridized carbons (Fsp3) is 0.0500. The molecule has 0 saturated heterocycles. The zero-order valence-corrected chi connectivity index (χ0v) is 80.7. The molecule has 42 heteroatoms. The van der Waals surface area contributed by atoms with Crippen LogP contribution in [0.1, 0.15) is 29.1 Å². The topological polar surface area (TPSA) is 490 Å². The van der Waals surface area contributed by atoms with Crippen molar-refractivity contribution < 1.29 is 83.3 Å². The molecule has 15 aromatic carbocycles. The first kappa shape index (κ1) is 100.0. The first-order valence-corrected chi connectivity index (χ1v) is 51.5. The molecule has 5 heterocycles. The van der Waals surface area contributed by atoms with Crippen molar-refractivity contribution in [1.82, 2.24) is 49.8 Å². The molecule has 20 rings (SSSR count). The number of hydrogen-bond acceptors (Lipinski definition) is 20. The molecule has 0 saturated carbocycles. The number of imidazole rings is 5. The van der Waals surface area contributed by atoms with Crippen molar-refractivity contribution in [3.8, 4) is 84.4 Å². The van der Waals surface area contributed by atoms with Crippen LogP contribution >= 0.6 is 39.1 Å². The smallest absolute Gasteiger partial charge is 0.238 e. The van der Waals surface area contributed by atoms with E-state index in [4.69, 9.17) is 72.6 Å². The number of benzene rings is 15. The molecular weight excluding hydrogens is 2040 g/mol. The maximum Gasteiger partial charge on any atom is 0.238 e. The number of H-pyrrole nitrogens is 5. The SMILES string of the molecule is NS(=O)(=O)c1ccccc1-c1ccc2nc(COc3ccc(Br)cc3)[nH]c2c1.NS(=O)(=O)c1ccccc1-c1ccc2nc(COc3ccc(Cl)cc3)[nH]c2c1.NS(=O)(=O)c1ccccc1-c1ccc2nc(COc3ccc(F)c(F)c3)[nH]c2c1.NS(=O)(=O)c1ccccc1-c1ccc2nc(COc3ccc(F)cc3F)[nH]c2c1.NS(=O)(=O)c1ccccc1-c1ccc2nc(COc3cccc(Cl)c3)[nH]c2c1. The summed E-state index contributed by atoms with van der Waals surface area (Å²) in [6.07, 6.45) is 0. The lowest BCUT2D eigenvalue weighted by Crippen LogP contribution is -2.13. The largest absolute Gasteiger partial charge is 0.486 e. The molecule has 0 aliphatic heterocycles. The molecule has 0 fully saturated rings. The fourth-order valence-electron chi connectivity index (χ4n) is 14.8. The third-order valence-electron chi connectivity index (χ3n) is 21.3.